The Balaban J connectivity index is 2.11. The van der Waals surface area contributed by atoms with Gasteiger partial charge in [-0.1, -0.05) is 64.1 Å². The first kappa shape index (κ1) is 21.4. The molecule has 1 amide bonds. The summed E-state index contributed by atoms with van der Waals surface area (Å²) in [6.45, 7) is 3.71. The van der Waals surface area contributed by atoms with E-state index in [1.54, 1.807) is 19.1 Å². The lowest BCUT2D eigenvalue weighted by Gasteiger charge is -2.33. The number of amides is 1. The molecular weight excluding hydrogens is 479 g/mol. The SMILES string of the molecule is Cc1ccc(NC(=O)[C@@H]2[C@H](C(=O)O)[C@@]3(Cl)C(Cl)=C(Cl)[C@@]2(Cl)C3(Cl)Cl)c(C)c1. The molecule has 2 bridgehead atoms. The van der Waals surface area contributed by atoms with Crippen molar-refractivity contribution in [3.8, 4) is 0 Å². The van der Waals surface area contributed by atoms with Crippen LogP contribution in [0.15, 0.2) is 28.3 Å². The van der Waals surface area contributed by atoms with Gasteiger partial charge < -0.3 is 10.4 Å². The van der Waals surface area contributed by atoms with Gasteiger partial charge in [0, 0.05) is 5.69 Å². The van der Waals surface area contributed by atoms with Gasteiger partial charge >= 0.3 is 5.97 Å². The summed E-state index contributed by atoms with van der Waals surface area (Å²) >= 11 is 38.3. The first-order valence-electron chi connectivity index (χ1n) is 7.74. The second-order valence-electron chi connectivity index (χ2n) is 6.73. The molecule has 0 saturated heterocycles. The molecule has 3 rings (SSSR count). The molecule has 0 radical (unpaired) electrons. The minimum Gasteiger partial charge on any atom is -0.481 e. The first-order chi connectivity index (χ1) is 12.3. The lowest BCUT2D eigenvalue weighted by molar-refractivity contribution is -0.146. The molecule has 1 fully saturated rings. The molecule has 4 atom stereocenters. The van der Waals surface area contributed by atoms with Crippen molar-refractivity contribution in [1.29, 1.82) is 0 Å². The molecule has 0 spiro atoms. The molecule has 1 saturated carbocycles. The topological polar surface area (TPSA) is 66.4 Å². The molecule has 2 aliphatic carbocycles. The van der Waals surface area contributed by atoms with Gasteiger partial charge in [0.15, 0.2) is 4.33 Å². The average Bonchev–Trinajstić information content (AvgIpc) is 2.77. The van der Waals surface area contributed by atoms with Crippen molar-refractivity contribution in [2.24, 2.45) is 11.8 Å². The maximum atomic E-state index is 13.1. The maximum Gasteiger partial charge on any atom is 0.309 e. The number of alkyl halides is 4. The van der Waals surface area contributed by atoms with Crippen LogP contribution >= 0.6 is 69.6 Å². The zero-order valence-electron chi connectivity index (χ0n) is 13.9. The number of carboxylic acid groups (broad SMARTS) is 1. The minimum absolute atomic E-state index is 0.232. The molecular formula is C17H13Cl6NO3. The van der Waals surface area contributed by atoms with Gasteiger partial charge in [-0.05, 0) is 25.5 Å². The number of halogens is 6. The number of carbonyl (C=O) groups is 2. The van der Waals surface area contributed by atoms with E-state index in [-0.39, 0.29) is 10.1 Å². The van der Waals surface area contributed by atoms with Gasteiger partial charge in [-0.2, -0.15) is 0 Å². The Bertz CT molecular complexity index is 901. The second-order valence-corrected chi connectivity index (χ2v) is 10.0. The fraction of sp³-hybridized carbons (Fsp3) is 0.412. The highest BCUT2D eigenvalue weighted by Gasteiger charge is 2.85. The molecule has 10 heteroatoms. The number of benzene rings is 1. The zero-order chi connectivity index (χ0) is 20.5. The molecule has 2 N–H and O–H groups in total. The number of nitrogens with one attached hydrogen (secondary N) is 1. The van der Waals surface area contributed by atoms with Crippen molar-refractivity contribution < 1.29 is 14.7 Å². The van der Waals surface area contributed by atoms with E-state index in [1.165, 1.54) is 0 Å². The Morgan fingerprint density at radius 2 is 1.52 bits per heavy atom. The Morgan fingerprint density at radius 3 is 2.00 bits per heavy atom. The van der Waals surface area contributed by atoms with Crippen molar-refractivity contribution in [2.75, 3.05) is 5.32 Å². The number of aryl methyl sites for hydroxylation is 2. The van der Waals surface area contributed by atoms with Crippen molar-refractivity contribution in [3.05, 3.63) is 39.4 Å². The Labute approximate surface area is 185 Å². The quantitative estimate of drug-likeness (QED) is 0.556. The number of carbonyl (C=O) groups excluding carboxylic acids is 1. The summed E-state index contributed by atoms with van der Waals surface area (Å²) in [5.41, 5.74) is 2.27. The standard InChI is InChI=1S/C17H13Cl6NO3/c1-6-3-4-8(7(2)5-6)24-13(25)9-10(14(26)27)16(21)12(19)11(18)15(9,20)17(16,22)23/h3-5,9-10H,1-2H3,(H,24,25)(H,26,27)/t9-,10+,15+,16+/m0/s1. The van der Waals surface area contributed by atoms with Gasteiger partial charge in [0.25, 0.3) is 0 Å². The van der Waals surface area contributed by atoms with Crippen LogP contribution in [-0.4, -0.2) is 31.1 Å². The van der Waals surface area contributed by atoms with E-state index < -0.39 is 37.8 Å². The second kappa shape index (κ2) is 6.58. The Morgan fingerprint density at radius 1 is 1.00 bits per heavy atom. The van der Waals surface area contributed by atoms with Gasteiger partial charge in [-0.15, -0.1) is 23.2 Å². The van der Waals surface area contributed by atoms with Crippen molar-refractivity contribution >= 4 is 87.2 Å². The van der Waals surface area contributed by atoms with E-state index in [4.69, 9.17) is 69.6 Å². The molecule has 0 heterocycles. The summed E-state index contributed by atoms with van der Waals surface area (Å²) < 4.78 is -2.12. The fourth-order valence-electron chi connectivity index (χ4n) is 3.79. The zero-order valence-corrected chi connectivity index (χ0v) is 18.5. The molecule has 27 heavy (non-hydrogen) atoms. The van der Waals surface area contributed by atoms with Crippen LogP contribution in [0.4, 0.5) is 5.69 Å². The van der Waals surface area contributed by atoms with Crippen molar-refractivity contribution in [3.63, 3.8) is 0 Å². The summed E-state index contributed by atoms with van der Waals surface area (Å²) in [4.78, 5) is 21.0. The molecule has 1 aromatic rings. The van der Waals surface area contributed by atoms with E-state index in [0.29, 0.717) is 5.69 Å². The van der Waals surface area contributed by atoms with Crippen LogP contribution in [0.1, 0.15) is 11.1 Å². The predicted octanol–water partition coefficient (Wildman–Crippen LogP) is 5.40. The summed E-state index contributed by atoms with van der Waals surface area (Å²) in [6.07, 6.45) is 0. The number of fused-ring (bicyclic) bond motifs is 2. The van der Waals surface area contributed by atoms with Crippen LogP contribution in [0.5, 0.6) is 0 Å². The van der Waals surface area contributed by atoms with Gasteiger partial charge in [0.2, 0.25) is 5.91 Å². The normalized spacial score (nSPS) is 34.1. The molecule has 1 aromatic carbocycles. The van der Waals surface area contributed by atoms with Gasteiger partial charge in [-0.25, -0.2) is 0 Å². The number of hydrogen-bond acceptors (Lipinski definition) is 2. The summed E-state index contributed by atoms with van der Waals surface area (Å²) in [5.74, 6) is -5.19. The number of rotatable bonds is 3. The highest BCUT2D eigenvalue weighted by atomic mass is 35.5. The monoisotopic (exact) mass is 489 g/mol. The predicted molar refractivity (Wildman–Crippen MR) is 109 cm³/mol. The molecule has 146 valence electrons. The van der Waals surface area contributed by atoms with Crippen LogP contribution in [0.2, 0.25) is 0 Å². The Hall–Kier alpha value is -0.360. The Kier molecular flexibility index (Phi) is 5.20. The molecule has 0 aliphatic heterocycles. The first-order valence-corrected chi connectivity index (χ1v) is 10.0. The minimum atomic E-state index is -2.12. The number of allylic oxidation sites excluding steroid dienone is 2. The van der Waals surface area contributed by atoms with Crippen molar-refractivity contribution in [2.45, 2.75) is 27.9 Å². The number of anilines is 1. The van der Waals surface area contributed by atoms with Crippen molar-refractivity contribution in [1.82, 2.24) is 0 Å². The van der Waals surface area contributed by atoms with Crippen LogP contribution in [-0.2, 0) is 9.59 Å². The summed E-state index contributed by atoms with van der Waals surface area (Å²) in [7, 11) is 0. The molecule has 4 nitrogen and oxygen atoms in total. The van der Waals surface area contributed by atoms with Crippen LogP contribution in [0.3, 0.4) is 0 Å². The third kappa shape index (κ3) is 2.57. The third-order valence-electron chi connectivity index (χ3n) is 5.12. The van der Waals surface area contributed by atoms with Gasteiger partial charge in [0.05, 0.1) is 21.9 Å². The fourth-order valence-corrected chi connectivity index (χ4v) is 6.73. The van der Waals surface area contributed by atoms with E-state index in [1.807, 2.05) is 13.0 Å². The highest BCUT2D eigenvalue weighted by Crippen LogP contribution is 2.76. The lowest BCUT2D eigenvalue weighted by atomic mass is 9.81. The van der Waals surface area contributed by atoms with Crippen LogP contribution < -0.4 is 5.32 Å². The van der Waals surface area contributed by atoms with E-state index in [9.17, 15) is 14.7 Å². The summed E-state index contributed by atoms with van der Waals surface area (Å²) in [5, 5.41) is 11.9. The van der Waals surface area contributed by atoms with Crippen LogP contribution in [0, 0.1) is 25.7 Å². The van der Waals surface area contributed by atoms with Gasteiger partial charge in [-0.3, -0.25) is 9.59 Å². The molecule has 0 unspecified atom stereocenters. The maximum absolute atomic E-state index is 13.1. The number of carboxylic acids is 1. The largest absolute Gasteiger partial charge is 0.481 e. The molecule has 0 aromatic heterocycles. The highest BCUT2D eigenvalue weighted by molar-refractivity contribution is 6.66. The smallest absolute Gasteiger partial charge is 0.309 e. The molecule has 2 aliphatic rings. The summed E-state index contributed by atoms with van der Waals surface area (Å²) in [6, 6.07) is 5.36. The van der Waals surface area contributed by atoms with E-state index >= 15 is 0 Å². The number of hydrogen-bond donors (Lipinski definition) is 2. The third-order valence-corrected chi connectivity index (χ3v) is 9.38. The van der Waals surface area contributed by atoms with Crippen LogP contribution in [0.25, 0.3) is 0 Å². The number of aliphatic carboxylic acids is 1. The van der Waals surface area contributed by atoms with E-state index in [2.05, 4.69) is 5.32 Å². The van der Waals surface area contributed by atoms with Gasteiger partial charge in [0.1, 0.15) is 9.75 Å². The average molecular weight is 492 g/mol. The lowest BCUT2D eigenvalue weighted by Crippen LogP contribution is -2.47. The van der Waals surface area contributed by atoms with E-state index in [0.717, 1.165) is 11.1 Å².